The van der Waals surface area contributed by atoms with Crippen molar-refractivity contribution in [1.29, 1.82) is 0 Å². The summed E-state index contributed by atoms with van der Waals surface area (Å²) in [5, 5.41) is 9.90. The van der Waals surface area contributed by atoms with Gasteiger partial charge in [-0.3, -0.25) is 0 Å². The molecule has 1 N–H and O–H groups in total. The topological polar surface area (TPSA) is 72.8 Å². The second-order valence-electron chi connectivity index (χ2n) is 8.08. The number of esters is 1. The van der Waals surface area contributed by atoms with E-state index in [1.54, 1.807) is 19.5 Å². The molecule has 5 heteroatoms. The third-order valence-electron chi connectivity index (χ3n) is 5.47. The van der Waals surface area contributed by atoms with E-state index in [2.05, 4.69) is 19.9 Å². The van der Waals surface area contributed by atoms with Gasteiger partial charge in [0.25, 0.3) is 0 Å². The molecule has 1 aliphatic rings. The van der Waals surface area contributed by atoms with E-state index < -0.39 is 5.97 Å². The van der Waals surface area contributed by atoms with Crippen LogP contribution in [0.3, 0.4) is 0 Å². The normalized spacial score (nSPS) is 17.1. The van der Waals surface area contributed by atoms with Gasteiger partial charge in [0.1, 0.15) is 0 Å². The van der Waals surface area contributed by atoms with Gasteiger partial charge < -0.3 is 18.7 Å². The lowest BCUT2D eigenvalue weighted by Crippen LogP contribution is -1.97. The van der Waals surface area contributed by atoms with Crippen molar-refractivity contribution in [2.24, 2.45) is 5.92 Å². The van der Waals surface area contributed by atoms with Crippen LogP contribution in [0.4, 0.5) is 0 Å². The minimum atomic E-state index is -0.466. The monoisotopic (exact) mass is 410 g/mol. The molecule has 1 atom stereocenters. The summed E-state index contributed by atoms with van der Waals surface area (Å²) in [5.74, 6) is -0.00413. The van der Waals surface area contributed by atoms with E-state index in [1.807, 2.05) is 24.7 Å². The van der Waals surface area contributed by atoms with Gasteiger partial charge in [-0.25, -0.2) is 4.79 Å². The number of allylic oxidation sites excluding steroid dienone is 3. The zero-order chi connectivity index (χ0) is 21.5. The quantitative estimate of drug-likeness (QED) is 0.361. The van der Waals surface area contributed by atoms with Crippen LogP contribution in [0.1, 0.15) is 63.1 Å². The number of rotatable bonds is 10. The highest BCUT2D eigenvalue weighted by Crippen LogP contribution is 2.26. The van der Waals surface area contributed by atoms with Gasteiger partial charge in [0.2, 0.25) is 0 Å². The number of furan rings is 2. The van der Waals surface area contributed by atoms with E-state index in [4.69, 9.17) is 13.6 Å². The number of aliphatic hydroxyl groups excluding tert-OH is 1. The van der Waals surface area contributed by atoms with E-state index in [1.165, 1.54) is 16.7 Å². The zero-order valence-corrected chi connectivity index (χ0v) is 17.9. The lowest BCUT2D eigenvalue weighted by Gasteiger charge is -2.07. The fraction of sp³-hybridized carbons (Fsp3) is 0.400. The molecule has 0 amide bonds. The Morgan fingerprint density at radius 2 is 2.00 bits per heavy atom. The Labute approximate surface area is 177 Å². The minimum Gasteiger partial charge on any atom is -0.504 e. The van der Waals surface area contributed by atoms with Crippen LogP contribution in [-0.4, -0.2) is 11.1 Å². The summed E-state index contributed by atoms with van der Waals surface area (Å²) in [6.45, 7) is 5.80. The van der Waals surface area contributed by atoms with E-state index >= 15 is 0 Å². The van der Waals surface area contributed by atoms with Gasteiger partial charge in [0.05, 0.1) is 30.6 Å². The van der Waals surface area contributed by atoms with Crippen LogP contribution < -0.4 is 0 Å². The van der Waals surface area contributed by atoms with Gasteiger partial charge in [-0.15, -0.1) is 0 Å². The standard InChI is InChI=1S/C25H30O5/c1-17(6-4-8-18(2)12-23-24(26)19(3)25(27)30-23)7-5-9-21-15-29-16-22(21)13-20-10-11-28-14-20/h6,10-12,14-16,18,26H,4-5,7-9,13H2,1-3H3. The first kappa shape index (κ1) is 21.8. The number of carbonyl (C=O) groups is 1. The maximum Gasteiger partial charge on any atom is 0.343 e. The van der Waals surface area contributed by atoms with E-state index in [0.29, 0.717) is 0 Å². The van der Waals surface area contributed by atoms with Gasteiger partial charge in [0, 0.05) is 6.42 Å². The summed E-state index contributed by atoms with van der Waals surface area (Å²) in [5.41, 5.74) is 5.29. The van der Waals surface area contributed by atoms with Crippen LogP contribution in [0.15, 0.2) is 74.8 Å². The largest absolute Gasteiger partial charge is 0.504 e. The van der Waals surface area contributed by atoms with E-state index in [-0.39, 0.29) is 23.0 Å². The summed E-state index contributed by atoms with van der Waals surface area (Å²) < 4.78 is 15.6. The summed E-state index contributed by atoms with van der Waals surface area (Å²) in [7, 11) is 0. The lowest BCUT2D eigenvalue weighted by molar-refractivity contribution is -0.133. The number of hydrogen-bond donors (Lipinski definition) is 1. The molecule has 1 unspecified atom stereocenters. The first-order valence-electron chi connectivity index (χ1n) is 10.5. The molecule has 0 saturated carbocycles. The number of ether oxygens (including phenoxy) is 1. The van der Waals surface area contributed by atoms with Crippen molar-refractivity contribution in [3.8, 4) is 0 Å². The molecule has 0 radical (unpaired) electrons. The van der Waals surface area contributed by atoms with Gasteiger partial charge in [-0.05, 0) is 80.7 Å². The molecule has 5 nitrogen and oxygen atoms in total. The molecular formula is C25H30O5. The third kappa shape index (κ3) is 5.78. The number of hydrogen-bond acceptors (Lipinski definition) is 5. The number of aliphatic hydroxyl groups is 1. The summed E-state index contributed by atoms with van der Waals surface area (Å²) >= 11 is 0. The Hall–Kier alpha value is -2.95. The van der Waals surface area contributed by atoms with Crippen LogP contribution in [0.2, 0.25) is 0 Å². The molecule has 2 aromatic rings. The fourth-order valence-electron chi connectivity index (χ4n) is 3.55. The van der Waals surface area contributed by atoms with Crippen molar-refractivity contribution in [2.45, 2.75) is 59.3 Å². The lowest BCUT2D eigenvalue weighted by atomic mass is 9.99. The second-order valence-corrected chi connectivity index (χ2v) is 8.08. The van der Waals surface area contributed by atoms with Crippen molar-refractivity contribution >= 4 is 5.97 Å². The highest BCUT2D eigenvalue weighted by Gasteiger charge is 2.26. The van der Waals surface area contributed by atoms with Crippen molar-refractivity contribution in [1.82, 2.24) is 0 Å². The predicted octanol–water partition coefficient (Wildman–Crippen LogP) is 6.42. The van der Waals surface area contributed by atoms with Crippen LogP contribution in [0, 0.1) is 5.92 Å². The summed E-state index contributed by atoms with van der Waals surface area (Å²) in [4.78, 5) is 11.5. The smallest absolute Gasteiger partial charge is 0.343 e. The highest BCUT2D eigenvalue weighted by atomic mass is 16.6. The predicted molar refractivity (Wildman–Crippen MR) is 115 cm³/mol. The highest BCUT2D eigenvalue weighted by molar-refractivity contribution is 5.93. The molecule has 0 bridgehead atoms. The first-order chi connectivity index (χ1) is 14.4. The van der Waals surface area contributed by atoms with Gasteiger partial charge >= 0.3 is 5.97 Å². The Morgan fingerprint density at radius 3 is 2.70 bits per heavy atom. The molecule has 30 heavy (non-hydrogen) atoms. The van der Waals surface area contributed by atoms with Crippen molar-refractivity contribution in [2.75, 3.05) is 0 Å². The Balaban J connectivity index is 1.40. The number of cyclic esters (lactones) is 1. The van der Waals surface area contributed by atoms with Gasteiger partial charge in [-0.1, -0.05) is 18.6 Å². The van der Waals surface area contributed by atoms with Crippen LogP contribution >= 0.6 is 0 Å². The molecule has 0 fully saturated rings. The van der Waals surface area contributed by atoms with Crippen molar-refractivity contribution in [3.05, 3.63) is 82.6 Å². The maximum absolute atomic E-state index is 11.5. The van der Waals surface area contributed by atoms with Gasteiger partial charge in [0.15, 0.2) is 11.5 Å². The van der Waals surface area contributed by atoms with Crippen LogP contribution in [0.25, 0.3) is 0 Å². The van der Waals surface area contributed by atoms with Crippen LogP contribution in [-0.2, 0) is 22.4 Å². The zero-order valence-electron chi connectivity index (χ0n) is 17.9. The molecule has 3 rings (SSSR count). The maximum atomic E-state index is 11.5. The minimum absolute atomic E-state index is 0.0371. The summed E-state index contributed by atoms with van der Waals surface area (Å²) in [6, 6.07) is 1.98. The van der Waals surface area contributed by atoms with Crippen molar-refractivity contribution in [3.63, 3.8) is 0 Å². The van der Waals surface area contributed by atoms with E-state index in [9.17, 15) is 9.90 Å². The Kier molecular flexibility index (Phi) is 7.39. The fourth-order valence-corrected chi connectivity index (χ4v) is 3.55. The van der Waals surface area contributed by atoms with E-state index in [0.717, 1.165) is 44.1 Å². The molecule has 160 valence electrons. The number of carbonyl (C=O) groups excluding carboxylic acids is 1. The summed E-state index contributed by atoms with van der Waals surface area (Å²) in [6.07, 6.45) is 17.1. The second kappa shape index (κ2) is 10.2. The molecule has 1 aliphatic heterocycles. The molecule has 0 saturated heterocycles. The first-order valence-corrected chi connectivity index (χ1v) is 10.5. The van der Waals surface area contributed by atoms with Gasteiger partial charge in [-0.2, -0.15) is 0 Å². The van der Waals surface area contributed by atoms with Crippen LogP contribution in [0.5, 0.6) is 0 Å². The Morgan fingerprint density at radius 1 is 1.20 bits per heavy atom. The molecule has 0 aliphatic carbocycles. The average Bonchev–Trinajstić information content (AvgIpc) is 3.43. The third-order valence-corrected chi connectivity index (χ3v) is 5.47. The molecular weight excluding hydrogens is 380 g/mol. The SMILES string of the molecule is CC(=CCCC(C)C=C1OC(=O)C(C)=C1O)CCCc1cocc1Cc1ccoc1. The average molecular weight is 411 g/mol. The molecule has 2 aromatic heterocycles. The van der Waals surface area contributed by atoms with Crippen molar-refractivity contribution < 1.29 is 23.5 Å². The molecule has 3 heterocycles. The number of aryl methyl sites for hydroxylation is 1. The Bertz CT molecular complexity index is 940. The molecule has 0 spiro atoms. The molecule has 0 aromatic carbocycles.